The normalized spacial score (nSPS) is 29.5. The third-order valence-corrected chi connectivity index (χ3v) is 3.37. The first kappa shape index (κ1) is 17.9. The van der Waals surface area contributed by atoms with Gasteiger partial charge in [-0.25, -0.2) is 4.79 Å². The first-order valence-electron chi connectivity index (χ1n) is 6.96. The molecule has 0 spiro atoms. The molecule has 2 rings (SSSR count). The van der Waals surface area contributed by atoms with Crippen LogP contribution < -0.4 is 10.1 Å². The van der Waals surface area contributed by atoms with Gasteiger partial charge in [0.15, 0.2) is 6.10 Å². The Morgan fingerprint density at radius 1 is 1.12 bits per heavy atom. The maximum absolute atomic E-state index is 11.2. The van der Waals surface area contributed by atoms with Crippen LogP contribution in [-0.4, -0.2) is 63.0 Å². The van der Waals surface area contributed by atoms with Crippen LogP contribution in [0.1, 0.15) is 0 Å². The number of hydrogen-bond donors (Lipinski definition) is 5. The number of ether oxygens (including phenoxy) is 2. The first-order chi connectivity index (χ1) is 11.3. The van der Waals surface area contributed by atoms with Gasteiger partial charge in [-0.1, -0.05) is 6.58 Å². The Kier molecular flexibility index (Phi) is 5.52. The summed E-state index contributed by atoms with van der Waals surface area (Å²) in [7, 11) is 0. The number of hydrogen-bond acceptors (Lipinski definition) is 7. The molecule has 0 aliphatic carbocycles. The van der Waals surface area contributed by atoms with Crippen LogP contribution in [0, 0.1) is 0 Å². The Labute approximate surface area is 136 Å². The summed E-state index contributed by atoms with van der Waals surface area (Å²) in [5.74, 6) is -1.69. The lowest BCUT2D eigenvalue weighted by atomic mass is 9.99. The Bertz CT molecular complexity index is 616. The van der Waals surface area contributed by atoms with Gasteiger partial charge in [0.05, 0.1) is 0 Å². The van der Waals surface area contributed by atoms with E-state index in [1.54, 1.807) is 0 Å². The van der Waals surface area contributed by atoms with Crippen molar-refractivity contribution in [1.29, 1.82) is 0 Å². The number of anilines is 1. The second-order valence-electron chi connectivity index (χ2n) is 5.07. The Morgan fingerprint density at radius 3 is 2.29 bits per heavy atom. The molecule has 0 bridgehead atoms. The summed E-state index contributed by atoms with van der Waals surface area (Å²) in [6.45, 7) is 3.32. The number of benzene rings is 1. The van der Waals surface area contributed by atoms with Crippen molar-refractivity contribution in [1.82, 2.24) is 0 Å². The first-order valence-corrected chi connectivity index (χ1v) is 6.96. The molecule has 1 aromatic rings. The number of aliphatic hydroxyl groups is 3. The zero-order valence-electron chi connectivity index (χ0n) is 12.4. The molecule has 1 amide bonds. The predicted octanol–water partition coefficient (Wildman–Crippen LogP) is -0.918. The van der Waals surface area contributed by atoms with Crippen LogP contribution in [0.2, 0.25) is 0 Å². The van der Waals surface area contributed by atoms with Gasteiger partial charge in [-0.05, 0) is 30.3 Å². The predicted molar refractivity (Wildman–Crippen MR) is 80.2 cm³/mol. The zero-order chi connectivity index (χ0) is 17.9. The third-order valence-electron chi connectivity index (χ3n) is 3.37. The number of carbonyl (C=O) groups excluding carboxylic acids is 1. The second kappa shape index (κ2) is 7.41. The van der Waals surface area contributed by atoms with Gasteiger partial charge in [0.25, 0.3) is 0 Å². The number of carbonyl (C=O) groups is 2. The van der Waals surface area contributed by atoms with Crippen LogP contribution in [0.5, 0.6) is 5.75 Å². The zero-order valence-corrected chi connectivity index (χ0v) is 12.4. The van der Waals surface area contributed by atoms with Crippen LogP contribution in [0.4, 0.5) is 5.69 Å². The van der Waals surface area contributed by atoms with Crippen molar-refractivity contribution >= 4 is 17.6 Å². The molecule has 5 atom stereocenters. The molecular formula is C15H17NO8. The van der Waals surface area contributed by atoms with Crippen molar-refractivity contribution in [3.8, 4) is 5.75 Å². The van der Waals surface area contributed by atoms with E-state index in [0.29, 0.717) is 5.69 Å². The van der Waals surface area contributed by atoms with Crippen molar-refractivity contribution in [3.63, 3.8) is 0 Å². The highest BCUT2D eigenvalue weighted by Crippen LogP contribution is 2.25. The van der Waals surface area contributed by atoms with E-state index in [4.69, 9.17) is 14.6 Å². The molecular weight excluding hydrogens is 322 g/mol. The van der Waals surface area contributed by atoms with E-state index >= 15 is 0 Å². The highest BCUT2D eigenvalue weighted by molar-refractivity contribution is 5.98. The average Bonchev–Trinajstić information content (AvgIpc) is 2.56. The maximum atomic E-state index is 11.2. The van der Waals surface area contributed by atoms with E-state index in [1.807, 2.05) is 0 Å². The van der Waals surface area contributed by atoms with E-state index in [1.165, 1.54) is 24.3 Å². The lowest BCUT2D eigenvalue weighted by molar-refractivity contribution is -0.271. The fourth-order valence-electron chi connectivity index (χ4n) is 2.09. The van der Waals surface area contributed by atoms with E-state index in [9.17, 15) is 24.9 Å². The molecule has 9 nitrogen and oxygen atoms in total. The van der Waals surface area contributed by atoms with Gasteiger partial charge < -0.3 is 35.2 Å². The number of carboxylic acid groups (broad SMARTS) is 1. The molecule has 1 heterocycles. The number of carboxylic acids is 1. The number of nitrogens with one attached hydrogen (secondary N) is 1. The van der Waals surface area contributed by atoms with E-state index in [-0.39, 0.29) is 5.75 Å². The van der Waals surface area contributed by atoms with Gasteiger partial charge in [-0.15, -0.1) is 0 Å². The van der Waals surface area contributed by atoms with Crippen LogP contribution in [0.15, 0.2) is 36.9 Å². The molecule has 5 unspecified atom stereocenters. The Hall–Kier alpha value is -2.46. The van der Waals surface area contributed by atoms with Crippen LogP contribution >= 0.6 is 0 Å². The van der Waals surface area contributed by atoms with Crippen molar-refractivity contribution in [3.05, 3.63) is 36.9 Å². The van der Waals surface area contributed by atoms with E-state index in [0.717, 1.165) is 6.08 Å². The van der Waals surface area contributed by atoms with Gasteiger partial charge >= 0.3 is 5.97 Å². The summed E-state index contributed by atoms with van der Waals surface area (Å²) in [5.41, 5.74) is 0.469. The minimum absolute atomic E-state index is 0.198. The standard InChI is InChI=1S/C15H17NO8/c1-2-9(17)16-7-3-5-8(6-4-7)23-15-12(20)10(18)11(19)13(24-15)14(21)22/h2-6,10-13,15,18-20H,1H2,(H,16,17)(H,21,22). The largest absolute Gasteiger partial charge is 0.479 e. The van der Waals surface area contributed by atoms with Gasteiger partial charge in [-0.3, -0.25) is 4.79 Å². The van der Waals surface area contributed by atoms with E-state index in [2.05, 4.69) is 11.9 Å². The molecule has 1 saturated heterocycles. The summed E-state index contributed by atoms with van der Waals surface area (Å²) < 4.78 is 10.3. The molecule has 1 fully saturated rings. The molecule has 130 valence electrons. The lowest BCUT2D eigenvalue weighted by Gasteiger charge is -2.38. The smallest absolute Gasteiger partial charge is 0.335 e. The topological polar surface area (TPSA) is 146 Å². The minimum atomic E-state index is -1.78. The Balaban J connectivity index is 2.07. The van der Waals surface area contributed by atoms with Crippen LogP contribution in [-0.2, 0) is 14.3 Å². The van der Waals surface area contributed by atoms with Crippen molar-refractivity contribution in [2.45, 2.75) is 30.7 Å². The monoisotopic (exact) mass is 339 g/mol. The quantitative estimate of drug-likeness (QED) is 0.433. The number of amides is 1. The van der Waals surface area contributed by atoms with Gasteiger partial charge in [0, 0.05) is 5.69 Å². The lowest BCUT2D eigenvalue weighted by Crippen LogP contribution is -2.61. The van der Waals surface area contributed by atoms with Crippen molar-refractivity contribution in [2.75, 3.05) is 5.32 Å². The van der Waals surface area contributed by atoms with Crippen LogP contribution in [0.25, 0.3) is 0 Å². The van der Waals surface area contributed by atoms with Crippen LogP contribution in [0.3, 0.4) is 0 Å². The second-order valence-corrected chi connectivity index (χ2v) is 5.07. The molecule has 9 heteroatoms. The van der Waals surface area contributed by atoms with E-state index < -0.39 is 42.6 Å². The maximum Gasteiger partial charge on any atom is 0.335 e. The summed E-state index contributed by atoms with van der Waals surface area (Å²) in [6, 6.07) is 5.90. The van der Waals surface area contributed by atoms with Gasteiger partial charge in [-0.2, -0.15) is 0 Å². The molecule has 0 aromatic heterocycles. The molecule has 0 saturated carbocycles. The molecule has 1 aliphatic heterocycles. The minimum Gasteiger partial charge on any atom is -0.479 e. The number of aliphatic carboxylic acids is 1. The summed E-state index contributed by atoms with van der Waals surface area (Å²) >= 11 is 0. The molecule has 0 radical (unpaired) electrons. The molecule has 24 heavy (non-hydrogen) atoms. The fraction of sp³-hybridized carbons (Fsp3) is 0.333. The summed E-state index contributed by atoms with van der Waals surface area (Å²) in [5, 5.41) is 40.6. The average molecular weight is 339 g/mol. The molecule has 5 N–H and O–H groups in total. The van der Waals surface area contributed by atoms with Crippen molar-refractivity contribution < 1.29 is 39.5 Å². The van der Waals surface area contributed by atoms with Gasteiger partial charge in [0.1, 0.15) is 24.1 Å². The fourth-order valence-corrected chi connectivity index (χ4v) is 2.09. The highest BCUT2D eigenvalue weighted by atomic mass is 16.7. The number of aliphatic hydroxyl groups excluding tert-OH is 3. The van der Waals surface area contributed by atoms with Gasteiger partial charge in [0.2, 0.25) is 12.2 Å². The summed E-state index contributed by atoms with van der Waals surface area (Å²) in [4.78, 5) is 22.2. The number of rotatable bonds is 5. The Morgan fingerprint density at radius 2 is 1.75 bits per heavy atom. The van der Waals surface area contributed by atoms with Crippen molar-refractivity contribution in [2.24, 2.45) is 0 Å². The SMILES string of the molecule is C=CC(=O)Nc1ccc(OC2OC(C(=O)O)C(O)C(O)C2O)cc1. The molecule has 1 aromatic carbocycles. The third kappa shape index (κ3) is 3.89. The molecule has 1 aliphatic rings. The highest BCUT2D eigenvalue weighted by Gasteiger charge is 2.48. The summed E-state index contributed by atoms with van der Waals surface area (Å²) in [6.07, 6.45) is -7.28.